The van der Waals surface area contributed by atoms with Gasteiger partial charge in [-0.15, -0.1) is 0 Å². The van der Waals surface area contributed by atoms with Crippen molar-refractivity contribution in [3.8, 4) is 0 Å². The van der Waals surface area contributed by atoms with Crippen LogP contribution in [0.1, 0.15) is 25.1 Å². The van der Waals surface area contributed by atoms with Crippen molar-refractivity contribution >= 4 is 17.8 Å². The number of rotatable bonds is 4. The number of nitrogens with one attached hydrogen (secondary N) is 1. The summed E-state index contributed by atoms with van der Waals surface area (Å²) >= 11 is 1.93. The van der Waals surface area contributed by atoms with Gasteiger partial charge in [0, 0.05) is 11.3 Å². The highest BCUT2D eigenvalue weighted by molar-refractivity contribution is 8.00. The molecule has 0 unspecified atom stereocenters. The van der Waals surface area contributed by atoms with Gasteiger partial charge in [0.1, 0.15) is 0 Å². The van der Waals surface area contributed by atoms with Crippen LogP contribution in [0.15, 0.2) is 4.52 Å². The zero-order chi connectivity index (χ0) is 10.0. The second kappa shape index (κ2) is 3.81. The third-order valence-electron chi connectivity index (χ3n) is 2.79. The van der Waals surface area contributed by atoms with Crippen molar-refractivity contribution < 1.29 is 4.52 Å². The summed E-state index contributed by atoms with van der Waals surface area (Å²) in [5.41, 5.74) is 0. The molecule has 2 rings (SSSR count). The molecule has 14 heavy (non-hydrogen) atoms. The summed E-state index contributed by atoms with van der Waals surface area (Å²) in [6, 6.07) is 0.544. The molecule has 0 spiro atoms. The van der Waals surface area contributed by atoms with Gasteiger partial charge in [-0.2, -0.15) is 16.7 Å². The second-order valence-electron chi connectivity index (χ2n) is 3.74. The predicted molar refractivity (Wildman–Crippen MR) is 57.6 cm³/mol. The van der Waals surface area contributed by atoms with Gasteiger partial charge in [-0.1, -0.05) is 11.6 Å². The lowest BCUT2D eigenvalue weighted by Gasteiger charge is -2.40. The standard InChI is InChI=1S/C9H15N3OS/c1-7-11-8(13-12-7)10-6-9(14-2)4-3-5-9/h3-6H2,1-2H3,(H,10,11,12). The lowest BCUT2D eigenvalue weighted by atomic mass is 9.84. The monoisotopic (exact) mass is 213 g/mol. The first-order valence-corrected chi connectivity index (χ1v) is 6.06. The van der Waals surface area contributed by atoms with E-state index in [-0.39, 0.29) is 0 Å². The molecule has 4 nitrogen and oxygen atoms in total. The summed E-state index contributed by atoms with van der Waals surface area (Å²) in [6.07, 6.45) is 6.08. The zero-order valence-electron chi connectivity index (χ0n) is 8.54. The molecule has 0 bridgehead atoms. The van der Waals surface area contributed by atoms with Crippen LogP contribution in [-0.4, -0.2) is 27.7 Å². The van der Waals surface area contributed by atoms with E-state index in [0.29, 0.717) is 16.6 Å². The van der Waals surface area contributed by atoms with E-state index in [1.165, 1.54) is 19.3 Å². The fourth-order valence-corrected chi connectivity index (χ4v) is 2.54. The Hall–Kier alpha value is -0.710. The minimum absolute atomic E-state index is 0.405. The summed E-state index contributed by atoms with van der Waals surface area (Å²) in [5.74, 6) is 0.680. The highest BCUT2D eigenvalue weighted by Gasteiger charge is 2.36. The van der Waals surface area contributed by atoms with Crippen LogP contribution < -0.4 is 5.32 Å². The summed E-state index contributed by atoms with van der Waals surface area (Å²) in [5, 5.41) is 6.93. The molecule has 0 saturated heterocycles. The van der Waals surface area contributed by atoms with Crippen molar-refractivity contribution in [1.82, 2.24) is 10.1 Å². The molecule has 0 amide bonds. The first-order chi connectivity index (χ1) is 6.74. The van der Waals surface area contributed by atoms with Crippen molar-refractivity contribution in [2.45, 2.75) is 30.9 Å². The molecule has 1 heterocycles. The number of aromatic nitrogens is 2. The Labute approximate surface area is 87.8 Å². The maximum absolute atomic E-state index is 4.99. The average Bonchev–Trinajstić information content (AvgIpc) is 2.50. The Morgan fingerprint density at radius 3 is 2.79 bits per heavy atom. The van der Waals surface area contributed by atoms with Crippen LogP contribution in [0.2, 0.25) is 0 Å². The lowest BCUT2D eigenvalue weighted by molar-refractivity contribution is 0.370. The molecule has 1 aliphatic rings. The van der Waals surface area contributed by atoms with Crippen LogP contribution in [-0.2, 0) is 0 Å². The summed E-state index contributed by atoms with van der Waals surface area (Å²) in [7, 11) is 0. The smallest absolute Gasteiger partial charge is 0.321 e. The van der Waals surface area contributed by atoms with E-state index in [9.17, 15) is 0 Å². The van der Waals surface area contributed by atoms with Crippen LogP contribution in [0.4, 0.5) is 6.01 Å². The van der Waals surface area contributed by atoms with Gasteiger partial charge in [-0.05, 0) is 26.0 Å². The summed E-state index contributed by atoms with van der Waals surface area (Å²) in [4.78, 5) is 4.11. The molecule has 1 N–H and O–H groups in total. The van der Waals surface area contributed by atoms with Gasteiger partial charge >= 0.3 is 6.01 Å². The molecule has 0 aliphatic heterocycles. The molecule has 1 saturated carbocycles. The van der Waals surface area contributed by atoms with E-state index < -0.39 is 0 Å². The predicted octanol–water partition coefficient (Wildman–Crippen LogP) is 2.08. The van der Waals surface area contributed by atoms with E-state index in [1.807, 2.05) is 18.7 Å². The van der Waals surface area contributed by atoms with Crippen LogP contribution in [0, 0.1) is 6.92 Å². The molecule has 0 aromatic carbocycles. The van der Waals surface area contributed by atoms with Gasteiger partial charge in [-0.3, -0.25) is 0 Å². The Bertz CT molecular complexity index is 303. The van der Waals surface area contributed by atoms with Gasteiger partial charge in [0.05, 0.1) is 0 Å². The maximum Gasteiger partial charge on any atom is 0.321 e. The minimum Gasteiger partial charge on any atom is -0.336 e. The lowest BCUT2D eigenvalue weighted by Crippen LogP contribution is -2.40. The fourth-order valence-electron chi connectivity index (χ4n) is 1.63. The second-order valence-corrected chi connectivity index (χ2v) is 5.02. The quantitative estimate of drug-likeness (QED) is 0.829. The number of aryl methyl sites for hydroxylation is 1. The van der Waals surface area contributed by atoms with Crippen LogP contribution in [0.3, 0.4) is 0 Å². The van der Waals surface area contributed by atoms with Crippen molar-refractivity contribution in [3.05, 3.63) is 5.82 Å². The van der Waals surface area contributed by atoms with Gasteiger partial charge in [0.2, 0.25) is 0 Å². The molecule has 0 radical (unpaired) electrons. The minimum atomic E-state index is 0.405. The molecular weight excluding hydrogens is 198 g/mol. The molecule has 1 fully saturated rings. The SMILES string of the molecule is CSC1(CNc2nc(C)no2)CCC1. The van der Waals surface area contributed by atoms with E-state index >= 15 is 0 Å². The van der Waals surface area contributed by atoms with Gasteiger partial charge in [-0.25, -0.2) is 0 Å². The van der Waals surface area contributed by atoms with E-state index in [4.69, 9.17) is 4.52 Å². The Morgan fingerprint density at radius 2 is 2.36 bits per heavy atom. The number of nitrogens with zero attached hydrogens (tertiary/aromatic N) is 2. The van der Waals surface area contributed by atoms with Crippen LogP contribution in [0.25, 0.3) is 0 Å². The number of hydrogen-bond acceptors (Lipinski definition) is 5. The number of anilines is 1. The molecule has 1 aliphatic carbocycles. The van der Waals surface area contributed by atoms with Crippen molar-refractivity contribution in [2.24, 2.45) is 0 Å². The zero-order valence-corrected chi connectivity index (χ0v) is 9.36. The Morgan fingerprint density at radius 1 is 1.57 bits per heavy atom. The van der Waals surface area contributed by atoms with Crippen molar-refractivity contribution in [1.29, 1.82) is 0 Å². The number of hydrogen-bond donors (Lipinski definition) is 1. The first kappa shape index (κ1) is 9.83. The van der Waals surface area contributed by atoms with E-state index in [1.54, 1.807) is 0 Å². The Kier molecular flexibility index (Phi) is 2.67. The molecule has 5 heteroatoms. The van der Waals surface area contributed by atoms with Crippen molar-refractivity contribution in [2.75, 3.05) is 18.1 Å². The maximum atomic E-state index is 4.99. The van der Waals surface area contributed by atoms with Crippen LogP contribution >= 0.6 is 11.8 Å². The van der Waals surface area contributed by atoms with Gasteiger partial charge in [0.25, 0.3) is 0 Å². The van der Waals surface area contributed by atoms with Gasteiger partial charge in [0.15, 0.2) is 5.82 Å². The van der Waals surface area contributed by atoms with Crippen molar-refractivity contribution in [3.63, 3.8) is 0 Å². The molecule has 0 atom stereocenters. The third-order valence-corrected chi connectivity index (χ3v) is 4.21. The molecule has 1 aromatic heterocycles. The van der Waals surface area contributed by atoms with Crippen LogP contribution in [0.5, 0.6) is 0 Å². The van der Waals surface area contributed by atoms with Gasteiger partial charge < -0.3 is 9.84 Å². The highest BCUT2D eigenvalue weighted by atomic mass is 32.2. The third kappa shape index (κ3) is 1.87. The Balaban J connectivity index is 1.87. The highest BCUT2D eigenvalue weighted by Crippen LogP contribution is 2.42. The summed E-state index contributed by atoms with van der Waals surface area (Å²) < 4.78 is 5.40. The largest absolute Gasteiger partial charge is 0.336 e. The van der Waals surface area contributed by atoms with E-state index in [0.717, 1.165) is 6.54 Å². The normalized spacial score (nSPS) is 19.0. The molecule has 1 aromatic rings. The molecular formula is C9H15N3OS. The van der Waals surface area contributed by atoms with E-state index in [2.05, 4.69) is 21.7 Å². The number of thioether (sulfide) groups is 1. The average molecular weight is 213 g/mol. The fraction of sp³-hybridized carbons (Fsp3) is 0.778. The molecule has 78 valence electrons. The topological polar surface area (TPSA) is 51.0 Å². The summed E-state index contributed by atoms with van der Waals surface area (Å²) in [6.45, 7) is 2.75. The first-order valence-electron chi connectivity index (χ1n) is 4.83.